The van der Waals surface area contributed by atoms with Crippen LogP contribution in [0.1, 0.15) is 22.8 Å². The molecule has 2 aromatic rings. The van der Waals surface area contributed by atoms with Crippen molar-refractivity contribution in [1.82, 2.24) is 4.90 Å². The number of carbonyl (C=O) groups is 2. The maximum atomic E-state index is 12.4. The number of esters is 1. The lowest BCUT2D eigenvalue weighted by molar-refractivity contribution is 0.0526. The Morgan fingerprint density at radius 1 is 1.04 bits per heavy atom. The minimum atomic E-state index is -0.416. The van der Waals surface area contributed by atoms with Crippen molar-refractivity contribution in [2.45, 2.75) is 13.3 Å². The Balaban J connectivity index is 1.94. The quantitative estimate of drug-likeness (QED) is 0.702. The van der Waals surface area contributed by atoms with Gasteiger partial charge in [-0.1, -0.05) is 12.1 Å². The molecule has 2 aromatic carbocycles. The van der Waals surface area contributed by atoms with Gasteiger partial charge < -0.3 is 24.4 Å². The number of anilines is 1. The SMILES string of the molecule is CCOC(=O)c1cccc(NC(=O)N(C)CCc2ccc(OC)c(OC)c2)c1. The molecule has 0 heterocycles. The Labute approximate surface area is 165 Å². The van der Waals surface area contributed by atoms with E-state index < -0.39 is 5.97 Å². The molecular weight excluding hydrogens is 360 g/mol. The smallest absolute Gasteiger partial charge is 0.338 e. The number of ether oxygens (including phenoxy) is 3. The molecule has 0 aliphatic heterocycles. The fourth-order valence-electron chi connectivity index (χ4n) is 2.59. The van der Waals surface area contributed by atoms with Crippen LogP contribution in [0.2, 0.25) is 0 Å². The molecule has 7 nitrogen and oxygen atoms in total. The number of carbonyl (C=O) groups excluding carboxylic acids is 2. The fourth-order valence-corrected chi connectivity index (χ4v) is 2.59. The summed E-state index contributed by atoms with van der Waals surface area (Å²) in [4.78, 5) is 25.8. The molecule has 0 atom stereocenters. The first kappa shape index (κ1) is 21.1. The molecule has 150 valence electrons. The number of methoxy groups -OCH3 is 2. The number of hydrogen-bond donors (Lipinski definition) is 1. The van der Waals surface area contributed by atoms with E-state index in [2.05, 4.69) is 5.32 Å². The highest BCUT2D eigenvalue weighted by Crippen LogP contribution is 2.27. The zero-order valence-corrected chi connectivity index (χ0v) is 16.7. The molecule has 0 bridgehead atoms. The molecule has 28 heavy (non-hydrogen) atoms. The lowest BCUT2D eigenvalue weighted by Crippen LogP contribution is -2.33. The molecule has 0 aliphatic carbocycles. The van der Waals surface area contributed by atoms with Crippen molar-refractivity contribution in [3.05, 3.63) is 53.6 Å². The fraction of sp³-hybridized carbons (Fsp3) is 0.333. The maximum Gasteiger partial charge on any atom is 0.338 e. The van der Waals surface area contributed by atoms with Gasteiger partial charge in [-0.15, -0.1) is 0 Å². The number of urea groups is 1. The van der Waals surface area contributed by atoms with Crippen LogP contribution in [0.25, 0.3) is 0 Å². The first-order valence-corrected chi connectivity index (χ1v) is 8.98. The van der Waals surface area contributed by atoms with Crippen LogP contribution in [0.5, 0.6) is 11.5 Å². The summed E-state index contributed by atoms with van der Waals surface area (Å²) in [6, 6.07) is 12.1. The summed E-state index contributed by atoms with van der Waals surface area (Å²) in [7, 11) is 4.89. The third-order valence-corrected chi connectivity index (χ3v) is 4.16. The van der Waals surface area contributed by atoms with Gasteiger partial charge in [0.25, 0.3) is 0 Å². The van der Waals surface area contributed by atoms with E-state index >= 15 is 0 Å². The van der Waals surface area contributed by atoms with E-state index in [0.717, 1.165) is 5.56 Å². The predicted octanol–water partition coefficient (Wildman–Crippen LogP) is 3.59. The van der Waals surface area contributed by atoms with Crippen molar-refractivity contribution in [3.8, 4) is 11.5 Å². The van der Waals surface area contributed by atoms with Crippen molar-refractivity contribution in [3.63, 3.8) is 0 Å². The lowest BCUT2D eigenvalue weighted by Gasteiger charge is -2.18. The molecule has 2 rings (SSSR count). The minimum Gasteiger partial charge on any atom is -0.493 e. The first-order valence-electron chi connectivity index (χ1n) is 8.98. The highest BCUT2D eigenvalue weighted by atomic mass is 16.5. The van der Waals surface area contributed by atoms with Crippen LogP contribution in [0.3, 0.4) is 0 Å². The first-order chi connectivity index (χ1) is 13.5. The minimum absolute atomic E-state index is 0.263. The third kappa shape index (κ3) is 5.64. The number of nitrogens with one attached hydrogen (secondary N) is 1. The summed E-state index contributed by atoms with van der Waals surface area (Å²) in [5, 5.41) is 2.79. The summed E-state index contributed by atoms with van der Waals surface area (Å²) in [5.41, 5.74) is 1.96. The second kappa shape index (κ2) is 10.2. The van der Waals surface area contributed by atoms with Crippen molar-refractivity contribution >= 4 is 17.7 Å². The van der Waals surface area contributed by atoms with E-state index in [0.29, 0.717) is 42.3 Å². The number of likely N-dealkylation sites (N-methyl/N-ethyl adjacent to an activating group) is 1. The Bertz CT molecular complexity index is 822. The Morgan fingerprint density at radius 2 is 1.79 bits per heavy atom. The molecule has 0 aromatic heterocycles. The van der Waals surface area contributed by atoms with Crippen molar-refractivity contribution < 1.29 is 23.8 Å². The molecule has 0 saturated heterocycles. The van der Waals surface area contributed by atoms with Crippen LogP contribution in [-0.2, 0) is 11.2 Å². The predicted molar refractivity (Wildman–Crippen MR) is 107 cm³/mol. The van der Waals surface area contributed by atoms with Crippen LogP contribution in [0, 0.1) is 0 Å². The number of amides is 2. The van der Waals surface area contributed by atoms with E-state index in [9.17, 15) is 9.59 Å². The zero-order valence-electron chi connectivity index (χ0n) is 16.7. The average molecular weight is 386 g/mol. The van der Waals surface area contributed by atoms with Gasteiger partial charge >= 0.3 is 12.0 Å². The molecule has 0 aliphatic rings. The molecule has 0 saturated carbocycles. The number of rotatable bonds is 8. The summed E-state index contributed by atoms with van der Waals surface area (Å²) in [6.45, 7) is 2.56. The van der Waals surface area contributed by atoms with Crippen LogP contribution in [-0.4, -0.2) is 51.3 Å². The molecule has 0 spiro atoms. The number of hydrogen-bond acceptors (Lipinski definition) is 5. The molecule has 0 fully saturated rings. The number of nitrogens with zero attached hydrogens (tertiary/aromatic N) is 1. The van der Waals surface area contributed by atoms with Gasteiger partial charge in [0.1, 0.15) is 0 Å². The van der Waals surface area contributed by atoms with E-state index in [1.54, 1.807) is 57.4 Å². The van der Waals surface area contributed by atoms with Gasteiger partial charge in [0.2, 0.25) is 0 Å². The van der Waals surface area contributed by atoms with Gasteiger partial charge in [-0.05, 0) is 49.2 Å². The molecule has 2 amide bonds. The maximum absolute atomic E-state index is 12.4. The second-order valence-corrected chi connectivity index (χ2v) is 6.09. The Morgan fingerprint density at radius 3 is 2.46 bits per heavy atom. The van der Waals surface area contributed by atoms with Gasteiger partial charge in [-0.25, -0.2) is 9.59 Å². The van der Waals surface area contributed by atoms with Crippen molar-refractivity contribution in [1.29, 1.82) is 0 Å². The Hall–Kier alpha value is -3.22. The topological polar surface area (TPSA) is 77.1 Å². The monoisotopic (exact) mass is 386 g/mol. The summed E-state index contributed by atoms with van der Waals surface area (Å²) in [6.07, 6.45) is 0.660. The van der Waals surface area contributed by atoms with E-state index in [1.807, 2.05) is 18.2 Å². The van der Waals surface area contributed by atoms with Crippen LogP contribution >= 0.6 is 0 Å². The van der Waals surface area contributed by atoms with Crippen molar-refractivity contribution in [2.24, 2.45) is 0 Å². The van der Waals surface area contributed by atoms with Crippen molar-refractivity contribution in [2.75, 3.05) is 39.7 Å². The van der Waals surface area contributed by atoms with Crippen LogP contribution in [0.15, 0.2) is 42.5 Å². The number of benzene rings is 2. The summed E-state index contributed by atoms with van der Waals surface area (Å²) >= 11 is 0. The standard InChI is InChI=1S/C21H26N2O5/c1-5-28-20(24)16-7-6-8-17(14-16)22-21(25)23(2)12-11-15-9-10-18(26-3)19(13-15)27-4/h6-10,13-14H,5,11-12H2,1-4H3,(H,22,25). The highest BCUT2D eigenvalue weighted by Gasteiger charge is 2.12. The highest BCUT2D eigenvalue weighted by molar-refractivity contribution is 5.93. The third-order valence-electron chi connectivity index (χ3n) is 4.16. The Kier molecular flexibility index (Phi) is 7.68. The summed E-state index contributed by atoms with van der Waals surface area (Å²) in [5.74, 6) is 0.905. The normalized spacial score (nSPS) is 10.1. The van der Waals surface area contributed by atoms with Crippen LogP contribution in [0.4, 0.5) is 10.5 Å². The van der Waals surface area contributed by atoms with Gasteiger partial charge in [-0.2, -0.15) is 0 Å². The zero-order chi connectivity index (χ0) is 20.5. The lowest BCUT2D eigenvalue weighted by atomic mass is 10.1. The molecule has 0 unspecified atom stereocenters. The van der Waals surface area contributed by atoms with E-state index in [4.69, 9.17) is 14.2 Å². The summed E-state index contributed by atoms with van der Waals surface area (Å²) < 4.78 is 15.5. The van der Waals surface area contributed by atoms with Crippen LogP contribution < -0.4 is 14.8 Å². The largest absolute Gasteiger partial charge is 0.493 e. The molecular formula is C21H26N2O5. The van der Waals surface area contributed by atoms with Gasteiger partial charge in [0.15, 0.2) is 11.5 Å². The van der Waals surface area contributed by atoms with Gasteiger partial charge in [0, 0.05) is 19.3 Å². The van der Waals surface area contributed by atoms with E-state index in [1.165, 1.54) is 0 Å². The molecule has 0 radical (unpaired) electrons. The molecule has 1 N–H and O–H groups in total. The van der Waals surface area contributed by atoms with E-state index in [-0.39, 0.29) is 6.03 Å². The second-order valence-electron chi connectivity index (χ2n) is 6.09. The average Bonchev–Trinajstić information content (AvgIpc) is 2.72. The molecule has 7 heteroatoms. The van der Waals surface area contributed by atoms with Gasteiger partial charge in [0.05, 0.1) is 26.4 Å². The van der Waals surface area contributed by atoms with Gasteiger partial charge in [-0.3, -0.25) is 0 Å².